The molecule has 2 aliphatic rings. The first-order valence-corrected chi connectivity index (χ1v) is 10.8. The largest absolute Gasteiger partial charge is 0.477 e. The Bertz CT molecular complexity index is 1280. The molecule has 5 rings (SSSR count). The molecule has 9 nitrogen and oxygen atoms in total. The van der Waals surface area contributed by atoms with Crippen molar-refractivity contribution in [2.75, 3.05) is 36.0 Å². The highest BCUT2D eigenvalue weighted by atomic mass is 35.5. The molecule has 1 aliphatic heterocycles. The Labute approximate surface area is 191 Å². The van der Waals surface area contributed by atoms with E-state index in [-0.39, 0.29) is 27.6 Å². The number of carbonyl (C=O) groups is 1. The fourth-order valence-electron chi connectivity index (χ4n) is 4.01. The smallest absolute Gasteiger partial charge is 0.341 e. The number of aromatic carboxylic acids is 1. The molecule has 1 N–H and O–H groups in total. The number of pyridine rings is 1. The lowest BCUT2D eigenvalue weighted by Crippen LogP contribution is -2.47. The number of anilines is 2. The predicted molar refractivity (Wildman–Crippen MR) is 118 cm³/mol. The van der Waals surface area contributed by atoms with Crippen LogP contribution >= 0.6 is 23.2 Å². The summed E-state index contributed by atoms with van der Waals surface area (Å²) in [5, 5.41) is 9.46. The van der Waals surface area contributed by atoms with Gasteiger partial charge in [-0.2, -0.15) is 15.0 Å². The Morgan fingerprint density at radius 1 is 1.03 bits per heavy atom. The zero-order chi connectivity index (χ0) is 22.6. The minimum Gasteiger partial charge on any atom is -0.477 e. The summed E-state index contributed by atoms with van der Waals surface area (Å²) in [6.45, 7) is 1.96. The van der Waals surface area contributed by atoms with Crippen molar-refractivity contribution in [3.8, 4) is 0 Å². The summed E-state index contributed by atoms with van der Waals surface area (Å²) in [4.78, 5) is 39.8. The maximum atomic E-state index is 15.1. The van der Waals surface area contributed by atoms with Gasteiger partial charge in [-0.15, -0.1) is 0 Å². The molecule has 2 fully saturated rings. The highest BCUT2D eigenvalue weighted by molar-refractivity contribution is 6.31. The van der Waals surface area contributed by atoms with Crippen LogP contribution in [0.25, 0.3) is 10.9 Å². The standard InChI is InChI=1S/C20H17Cl2FN6O3/c21-18-24-19(22)26-20(25-18)28-5-3-27(4-6-28)15-8-14-11(7-13(15)23)16(30)12(17(31)32)9-29(14)10-1-2-10/h7-10H,1-6H2,(H,31,32). The lowest BCUT2D eigenvalue weighted by molar-refractivity contribution is 0.0695. The van der Waals surface area contributed by atoms with Crippen molar-refractivity contribution in [1.82, 2.24) is 19.5 Å². The van der Waals surface area contributed by atoms with E-state index < -0.39 is 17.2 Å². The van der Waals surface area contributed by atoms with E-state index in [0.717, 1.165) is 18.9 Å². The van der Waals surface area contributed by atoms with Gasteiger partial charge in [0.15, 0.2) is 0 Å². The van der Waals surface area contributed by atoms with E-state index in [1.54, 1.807) is 10.6 Å². The summed E-state index contributed by atoms with van der Waals surface area (Å²) in [6, 6.07) is 2.91. The average molecular weight is 479 g/mol. The number of carboxylic acid groups (broad SMARTS) is 1. The zero-order valence-electron chi connectivity index (χ0n) is 16.6. The Balaban J connectivity index is 1.48. The lowest BCUT2D eigenvalue weighted by Gasteiger charge is -2.36. The summed E-state index contributed by atoms with van der Waals surface area (Å²) >= 11 is 11.7. The molecule has 0 unspecified atom stereocenters. The maximum absolute atomic E-state index is 15.1. The van der Waals surface area contributed by atoms with Crippen molar-refractivity contribution >= 4 is 51.7 Å². The Morgan fingerprint density at radius 3 is 2.25 bits per heavy atom. The molecule has 32 heavy (non-hydrogen) atoms. The summed E-state index contributed by atoms with van der Waals surface area (Å²) in [6.07, 6.45) is 3.15. The quantitative estimate of drug-likeness (QED) is 0.609. The third-order valence-electron chi connectivity index (χ3n) is 5.74. The minimum atomic E-state index is -1.31. The summed E-state index contributed by atoms with van der Waals surface area (Å²) in [5.41, 5.74) is -0.124. The van der Waals surface area contributed by atoms with E-state index in [1.807, 2.05) is 9.80 Å². The number of fused-ring (bicyclic) bond motifs is 1. The number of rotatable bonds is 4. The van der Waals surface area contributed by atoms with Crippen molar-refractivity contribution in [3.63, 3.8) is 0 Å². The van der Waals surface area contributed by atoms with E-state index in [2.05, 4.69) is 15.0 Å². The van der Waals surface area contributed by atoms with Crippen LogP contribution in [-0.4, -0.2) is 56.8 Å². The third-order valence-corrected chi connectivity index (χ3v) is 6.08. The molecule has 0 atom stereocenters. The number of aromatic nitrogens is 4. The maximum Gasteiger partial charge on any atom is 0.341 e. The number of piperazine rings is 1. The molecule has 1 saturated heterocycles. The van der Waals surface area contributed by atoms with E-state index >= 15 is 4.39 Å². The van der Waals surface area contributed by atoms with Crippen LogP contribution in [0.4, 0.5) is 16.0 Å². The first-order chi connectivity index (χ1) is 15.3. The first kappa shape index (κ1) is 20.9. The summed E-state index contributed by atoms with van der Waals surface area (Å²) in [7, 11) is 0. The molecule has 1 saturated carbocycles. The number of benzene rings is 1. The molecule has 3 heterocycles. The van der Waals surface area contributed by atoms with Crippen molar-refractivity contribution in [1.29, 1.82) is 0 Å². The van der Waals surface area contributed by atoms with Crippen molar-refractivity contribution in [2.45, 2.75) is 18.9 Å². The van der Waals surface area contributed by atoms with Gasteiger partial charge in [-0.05, 0) is 48.2 Å². The van der Waals surface area contributed by atoms with Crippen LogP contribution in [0, 0.1) is 5.82 Å². The summed E-state index contributed by atoms with van der Waals surface area (Å²) < 4.78 is 16.9. The Hall–Kier alpha value is -2.98. The van der Waals surface area contributed by atoms with Gasteiger partial charge in [-0.3, -0.25) is 4.79 Å². The molecule has 3 aromatic rings. The van der Waals surface area contributed by atoms with Crippen LogP contribution in [0.3, 0.4) is 0 Å². The van der Waals surface area contributed by atoms with Gasteiger partial charge in [0.1, 0.15) is 11.4 Å². The molecule has 0 radical (unpaired) electrons. The van der Waals surface area contributed by atoms with Crippen LogP contribution in [0.5, 0.6) is 0 Å². The van der Waals surface area contributed by atoms with E-state index in [1.165, 1.54) is 6.20 Å². The fraction of sp³-hybridized carbons (Fsp3) is 0.350. The van der Waals surface area contributed by atoms with Crippen LogP contribution in [0.15, 0.2) is 23.1 Å². The van der Waals surface area contributed by atoms with Gasteiger partial charge >= 0.3 is 5.97 Å². The van der Waals surface area contributed by atoms with Gasteiger partial charge in [-0.25, -0.2) is 9.18 Å². The van der Waals surface area contributed by atoms with Gasteiger partial charge in [0.25, 0.3) is 0 Å². The SMILES string of the molecule is O=C(O)c1cn(C2CC2)c2cc(N3CCN(c4nc(Cl)nc(Cl)n4)CC3)c(F)cc2c1=O. The van der Waals surface area contributed by atoms with Gasteiger partial charge in [0.05, 0.1) is 11.2 Å². The highest BCUT2D eigenvalue weighted by Gasteiger charge is 2.29. The monoisotopic (exact) mass is 478 g/mol. The van der Waals surface area contributed by atoms with Gasteiger partial charge < -0.3 is 19.5 Å². The molecule has 0 amide bonds. The second-order valence-electron chi connectivity index (χ2n) is 7.78. The van der Waals surface area contributed by atoms with Crippen LogP contribution < -0.4 is 15.2 Å². The summed E-state index contributed by atoms with van der Waals surface area (Å²) in [5.74, 6) is -1.53. The van der Waals surface area contributed by atoms with Gasteiger partial charge in [0.2, 0.25) is 21.9 Å². The first-order valence-electron chi connectivity index (χ1n) is 10.0. The number of carboxylic acids is 1. The van der Waals surface area contributed by atoms with Crippen molar-refractivity contribution in [2.24, 2.45) is 0 Å². The molecule has 0 bridgehead atoms. The number of halogens is 3. The van der Waals surface area contributed by atoms with Gasteiger partial charge in [0, 0.05) is 43.8 Å². The molecule has 1 aromatic carbocycles. The second kappa shape index (κ2) is 7.86. The van der Waals surface area contributed by atoms with Crippen LogP contribution in [0.2, 0.25) is 10.6 Å². The van der Waals surface area contributed by atoms with Crippen LogP contribution in [0.1, 0.15) is 29.2 Å². The fourth-order valence-corrected chi connectivity index (χ4v) is 4.37. The number of nitrogens with zero attached hydrogens (tertiary/aromatic N) is 6. The second-order valence-corrected chi connectivity index (χ2v) is 8.46. The Morgan fingerprint density at radius 2 is 1.66 bits per heavy atom. The Kier molecular flexibility index (Phi) is 5.13. The van der Waals surface area contributed by atoms with Crippen molar-refractivity contribution < 1.29 is 14.3 Å². The average Bonchev–Trinajstić information content (AvgIpc) is 3.58. The van der Waals surface area contributed by atoms with Crippen molar-refractivity contribution in [3.05, 3.63) is 50.5 Å². The zero-order valence-corrected chi connectivity index (χ0v) is 18.1. The van der Waals surface area contributed by atoms with Gasteiger partial charge in [-0.1, -0.05) is 0 Å². The molecule has 0 spiro atoms. The lowest BCUT2D eigenvalue weighted by atomic mass is 10.1. The molecule has 166 valence electrons. The molecule has 2 aromatic heterocycles. The number of hydrogen-bond acceptors (Lipinski definition) is 7. The molecular weight excluding hydrogens is 462 g/mol. The van der Waals surface area contributed by atoms with Crippen LogP contribution in [-0.2, 0) is 0 Å². The normalized spacial score (nSPS) is 16.6. The number of hydrogen-bond donors (Lipinski definition) is 1. The third kappa shape index (κ3) is 3.73. The minimum absolute atomic E-state index is 0.00165. The molecule has 1 aliphatic carbocycles. The predicted octanol–water partition coefficient (Wildman–Crippen LogP) is 2.99. The van der Waals surface area contributed by atoms with E-state index in [4.69, 9.17) is 23.2 Å². The van der Waals surface area contributed by atoms with E-state index in [0.29, 0.717) is 43.3 Å². The topological polar surface area (TPSA) is 104 Å². The molecule has 12 heteroatoms. The molecular formula is C20H17Cl2FN6O3. The highest BCUT2D eigenvalue weighted by Crippen LogP contribution is 2.38. The van der Waals surface area contributed by atoms with E-state index in [9.17, 15) is 14.7 Å².